The average Bonchev–Trinajstić information content (AvgIpc) is 3.30. The Morgan fingerprint density at radius 2 is 1.52 bits per heavy atom. The Hall–Kier alpha value is -4.17. The van der Waals surface area contributed by atoms with Crippen molar-refractivity contribution in [2.45, 2.75) is 92.1 Å². The number of amides is 1. The highest BCUT2D eigenvalue weighted by atomic mass is 35.5. The van der Waals surface area contributed by atoms with Crippen molar-refractivity contribution in [2.75, 3.05) is 81.4 Å². The monoisotopic (exact) mass is 1030 g/mol. The van der Waals surface area contributed by atoms with Crippen LogP contribution in [0.25, 0.3) is 5.57 Å². The molecule has 0 bridgehead atoms. The number of sulfonamides is 1. The summed E-state index contributed by atoms with van der Waals surface area (Å²) >= 11 is 7.60. The van der Waals surface area contributed by atoms with E-state index in [2.05, 4.69) is 64.5 Å². The SMILES string of the molecule is CC1(C)CCC(c2ccc(Cl)cn2)=C(CN2CCN(c3ccc(C(=O)NS(=O)(=O)c4ccc(NC(CCN5CCN(C(C)(C)C)CC5)CSc5ccccc5)c(S(=O)(=O)C(F)(F)F)c4)cc3)CC2)C1. The third-order valence-electron chi connectivity index (χ3n) is 13.2. The third kappa shape index (κ3) is 13.6. The van der Waals surface area contributed by atoms with Crippen LogP contribution in [0, 0.1) is 5.41 Å². The van der Waals surface area contributed by atoms with Gasteiger partial charge in [-0.25, -0.2) is 21.6 Å². The predicted molar refractivity (Wildman–Crippen MR) is 270 cm³/mol. The topological polar surface area (TPSA) is 135 Å². The summed E-state index contributed by atoms with van der Waals surface area (Å²) in [5.74, 6) is -0.644. The summed E-state index contributed by atoms with van der Waals surface area (Å²) in [6.45, 7) is 18.9. The molecule has 1 aromatic heterocycles. The third-order valence-corrected chi connectivity index (χ3v) is 17.5. The number of pyridine rings is 1. The lowest BCUT2D eigenvalue weighted by Crippen LogP contribution is -2.53. The van der Waals surface area contributed by atoms with Crippen LogP contribution >= 0.6 is 23.4 Å². The first kappa shape index (κ1) is 52.6. The molecule has 19 heteroatoms. The van der Waals surface area contributed by atoms with Gasteiger partial charge in [0.2, 0.25) is 0 Å². The van der Waals surface area contributed by atoms with E-state index in [1.54, 1.807) is 18.3 Å². The van der Waals surface area contributed by atoms with Gasteiger partial charge in [0.25, 0.3) is 25.8 Å². The van der Waals surface area contributed by atoms with E-state index in [-0.39, 0.29) is 22.2 Å². The highest BCUT2D eigenvalue weighted by Gasteiger charge is 2.48. The van der Waals surface area contributed by atoms with Crippen molar-refractivity contribution in [3.05, 3.63) is 113 Å². The van der Waals surface area contributed by atoms with Crippen LogP contribution in [0.1, 0.15) is 76.4 Å². The van der Waals surface area contributed by atoms with E-state index >= 15 is 0 Å². The van der Waals surface area contributed by atoms with Crippen molar-refractivity contribution >= 4 is 66.1 Å². The number of hydrogen-bond acceptors (Lipinski definition) is 12. The lowest BCUT2D eigenvalue weighted by Gasteiger charge is -2.42. The smallest absolute Gasteiger partial charge is 0.380 e. The van der Waals surface area contributed by atoms with Crippen LogP contribution in [0.15, 0.2) is 111 Å². The molecule has 0 spiro atoms. The Morgan fingerprint density at radius 3 is 2.14 bits per heavy atom. The number of aromatic nitrogens is 1. The number of rotatable bonds is 16. The molecule has 0 radical (unpaired) electrons. The fourth-order valence-electron chi connectivity index (χ4n) is 9.17. The molecule has 1 atom stereocenters. The molecule has 0 saturated carbocycles. The summed E-state index contributed by atoms with van der Waals surface area (Å²) in [6, 6.07) is 21.7. The van der Waals surface area contributed by atoms with Gasteiger partial charge in [-0.15, -0.1) is 11.8 Å². The van der Waals surface area contributed by atoms with Crippen molar-refractivity contribution in [3.8, 4) is 0 Å². The molecular formula is C50H63ClF3N7O5S3. The molecule has 12 nitrogen and oxygen atoms in total. The van der Waals surface area contributed by atoms with E-state index in [9.17, 15) is 34.8 Å². The highest BCUT2D eigenvalue weighted by Crippen LogP contribution is 2.43. The molecule has 7 rings (SSSR count). The van der Waals surface area contributed by atoms with Crippen LogP contribution in [-0.4, -0.2) is 131 Å². The Labute approximate surface area is 415 Å². The number of piperazine rings is 2. The first-order valence-electron chi connectivity index (χ1n) is 23.3. The Bertz CT molecular complexity index is 2670. The van der Waals surface area contributed by atoms with Crippen molar-refractivity contribution in [2.24, 2.45) is 5.41 Å². The normalized spacial score (nSPS) is 18.5. The largest absolute Gasteiger partial charge is 0.501 e. The van der Waals surface area contributed by atoms with Gasteiger partial charge in [-0.05, 0) is 124 Å². The van der Waals surface area contributed by atoms with E-state index in [1.807, 2.05) is 47.2 Å². The minimum atomic E-state index is -6.06. The number of nitrogens with zero attached hydrogens (tertiary/aromatic N) is 5. The predicted octanol–water partition coefficient (Wildman–Crippen LogP) is 9.31. The molecule has 1 unspecified atom stereocenters. The molecule has 374 valence electrons. The summed E-state index contributed by atoms with van der Waals surface area (Å²) in [7, 11) is -10.9. The molecule has 2 saturated heterocycles. The molecule has 3 heterocycles. The minimum Gasteiger partial charge on any atom is -0.380 e. The van der Waals surface area contributed by atoms with Crippen molar-refractivity contribution in [1.29, 1.82) is 0 Å². The van der Waals surface area contributed by atoms with E-state index in [4.69, 9.17) is 11.6 Å². The van der Waals surface area contributed by atoms with Gasteiger partial charge >= 0.3 is 5.51 Å². The van der Waals surface area contributed by atoms with Crippen LogP contribution < -0.4 is 14.9 Å². The van der Waals surface area contributed by atoms with Gasteiger partial charge in [-0.3, -0.25) is 19.6 Å². The van der Waals surface area contributed by atoms with E-state index in [0.29, 0.717) is 29.8 Å². The summed E-state index contributed by atoms with van der Waals surface area (Å²) < 4.78 is 98.5. The number of benzene rings is 3. The average molecular weight is 1030 g/mol. The first-order chi connectivity index (χ1) is 32.5. The van der Waals surface area contributed by atoms with Crippen LogP contribution in [-0.2, 0) is 19.9 Å². The van der Waals surface area contributed by atoms with Gasteiger partial charge in [0.1, 0.15) is 4.90 Å². The number of allylic oxidation sites excluding steroid dienone is 1. The molecule has 2 fully saturated rings. The number of carbonyl (C=O) groups excluding carboxylic acids is 1. The number of hydrogen-bond donors (Lipinski definition) is 2. The molecule has 2 aliphatic heterocycles. The maximum Gasteiger partial charge on any atom is 0.501 e. The Morgan fingerprint density at radius 1 is 0.855 bits per heavy atom. The summed E-state index contributed by atoms with van der Waals surface area (Å²) in [5.41, 5.74) is -1.44. The van der Waals surface area contributed by atoms with E-state index < -0.39 is 47.1 Å². The Kier molecular flexibility index (Phi) is 16.5. The number of nitrogens with one attached hydrogen (secondary N) is 2. The van der Waals surface area contributed by atoms with Crippen molar-refractivity contribution < 1.29 is 34.8 Å². The van der Waals surface area contributed by atoms with Crippen LogP contribution in [0.4, 0.5) is 24.5 Å². The van der Waals surface area contributed by atoms with E-state index in [0.717, 1.165) is 107 Å². The summed E-state index contributed by atoms with van der Waals surface area (Å²) in [5, 5.41) is 3.65. The zero-order valence-electron chi connectivity index (χ0n) is 39.9. The zero-order valence-corrected chi connectivity index (χ0v) is 43.1. The summed E-state index contributed by atoms with van der Waals surface area (Å²) in [6.07, 6.45) is 5.17. The molecule has 69 heavy (non-hydrogen) atoms. The molecule has 1 aliphatic carbocycles. The second-order valence-electron chi connectivity index (χ2n) is 19.9. The van der Waals surface area contributed by atoms with Crippen molar-refractivity contribution in [1.82, 2.24) is 24.4 Å². The minimum absolute atomic E-state index is 0.00356. The van der Waals surface area contributed by atoms with Crippen molar-refractivity contribution in [3.63, 3.8) is 0 Å². The number of anilines is 2. The zero-order chi connectivity index (χ0) is 49.8. The lowest BCUT2D eigenvalue weighted by atomic mass is 9.73. The quantitative estimate of drug-likeness (QED) is 0.104. The molecule has 4 aromatic rings. The molecular weight excluding hydrogens is 967 g/mol. The number of thioether (sulfide) groups is 1. The Balaban J connectivity index is 1.02. The number of halogens is 4. The summed E-state index contributed by atoms with van der Waals surface area (Å²) in [4.78, 5) is 26.2. The van der Waals surface area contributed by atoms with Crippen LogP contribution in [0.3, 0.4) is 0 Å². The van der Waals surface area contributed by atoms with Gasteiger partial charge < -0.3 is 15.1 Å². The van der Waals surface area contributed by atoms with Gasteiger partial charge in [0.15, 0.2) is 0 Å². The molecule has 3 aliphatic rings. The fraction of sp³-hybridized carbons (Fsp3) is 0.480. The first-order valence-corrected chi connectivity index (χ1v) is 27.6. The maximum atomic E-state index is 14.3. The van der Waals surface area contributed by atoms with Gasteiger partial charge in [-0.2, -0.15) is 13.2 Å². The molecule has 2 N–H and O–H groups in total. The molecule has 3 aromatic carbocycles. The number of alkyl halides is 3. The second-order valence-corrected chi connectivity index (χ2v) is 25.0. The van der Waals surface area contributed by atoms with E-state index in [1.165, 1.54) is 35.0 Å². The molecule has 1 amide bonds. The van der Waals surface area contributed by atoms with Gasteiger partial charge in [0.05, 0.1) is 21.3 Å². The second kappa shape index (κ2) is 21.7. The van der Waals surface area contributed by atoms with Crippen LogP contribution in [0.5, 0.6) is 0 Å². The van der Waals surface area contributed by atoms with Crippen LogP contribution in [0.2, 0.25) is 5.02 Å². The number of carbonyl (C=O) groups is 1. The lowest BCUT2D eigenvalue weighted by molar-refractivity contribution is -0.0435. The van der Waals surface area contributed by atoms with Gasteiger partial charge in [0, 0.05) is 105 Å². The number of sulfone groups is 1. The fourth-order valence-corrected chi connectivity index (χ4v) is 12.3. The highest BCUT2D eigenvalue weighted by molar-refractivity contribution is 7.99. The maximum absolute atomic E-state index is 14.3. The van der Waals surface area contributed by atoms with Gasteiger partial charge in [-0.1, -0.05) is 49.2 Å². The standard InChI is InChI=1S/C50H63ClF3N7O5S3/c1-48(2,3)61-29-25-58(26-30-61)22-20-39(35-67-41-9-7-6-8-10-41)56-45-18-16-42(31-46(45)68(63,64)50(52,53)54)69(65,66)57-47(62)36-11-14-40(15-12-36)60-27-23-59(24-28-60)34-37-32-49(4,5)21-19-43(37)44-17-13-38(51)33-55-44/h6-18,31,33,39,56H,19-30,32,34-35H2,1-5H3,(H,57,62).